The maximum absolute atomic E-state index is 13.2. The zero-order chi connectivity index (χ0) is 35.5. The van der Waals surface area contributed by atoms with Crippen LogP contribution in [0.4, 0.5) is 11.4 Å². The molecule has 2 N–H and O–H groups in total. The molecule has 2 aliphatic heterocycles. The molecule has 0 spiro atoms. The molecule has 0 aliphatic carbocycles. The third kappa shape index (κ3) is 6.98. The van der Waals surface area contributed by atoms with E-state index in [1.165, 1.54) is 0 Å². The van der Waals surface area contributed by atoms with Crippen molar-refractivity contribution in [1.82, 2.24) is 24.8 Å². The standard InChI is InChI=1S/C39H37N7O5/c1-24-30(7-3-19-40-24)38(49)45-21-5-9-32(45)35(47)43-28-15-11-26(12-16-28)34-23-42-37(51-34)27-13-17-29(18-14-27)44-36(48)33-10-6-22-46(33)39(50)31-8-4-20-41-25(31)2/h3-4,7-8,11-20,23,32-33H,5-6,9-10,21-22H2,1-2H3,(H,43,47)(H,44,48)/t32-,33-/m0/s1. The molecule has 0 bridgehead atoms. The van der Waals surface area contributed by atoms with Gasteiger partial charge >= 0.3 is 0 Å². The number of aromatic nitrogens is 3. The predicted molar refractivity (Wildman–Crippen MR) is 191 cm³/mol. The van der Waals surface area contributed by atoms with E-state index in [-0.39, 0.29) is 23.6 Å². The number of benzene rings is 2. The third-order valence-corrected chi connectivity index (χ3v) is 9.45. The zero-order valence-corrected chi connectivity index (χ0v) is 28.3. The van der Waals surface area contributed by atoms with Crippen LogP contribution in [0.25, 0.3) is 22.8 Å². The van der Waals surface area contributed by atoms with Crippen LogP contribution in [0.5, 0.6) is 0 Å². The van der Waals surface area contributed by atoms with Crippen molar-refractivity contribution in [3.8, 4) is 22.8 Å². The lowest BCUT2D eigenvalue weighted by atomic mass is 10.1. The van der Waals surface area contributed by atoms with Crippen LogP contribution in [-0.4, -0.2) is 73.6 Å². The number of oxazole rings is 1. The van der Waals surface area contributed by atoms with Gasteiger partial charge in [-0.15, -0.1) is 0 Å². The molecule has 2 fully saturated rings. The van der Waals surface area contributed by atoms with E-state index in [1.807, 2.05) is 24.3 Å². The van der Waals surface area contributed by atoms with Gasteiger partial charge in [-0.2, -0.15) is 0 Å². The van der Waals surface area contributed by atoms with Crippen LogP contribution in [0, 0.1) is 13.8 Å². The molecule has 12 nitrogen and oxygen atoms in total. The van der Waals surface area contributed by atoms with E-state index in [9.17, 15) is 19.2 Å². The first-order valence-corrected chi connectivity index (χ1v) is 17.0. The Morgan fingerprint density at radius 2 is 1.12 bits per heavy atom. The molecule has 2 atom stereocenters. The number of rotatable bonds is 8. The number of carbonyl (C=O) groups is 4. The first kappa shape index (κ1) is 33.3. The number of pyridine rings is 2. The summed E-state index contributed by atoms with van der Waals surface area (Å²) in [6, 6.07) is 20.2. The van der Waals surface area contributed by atoms with Gasteiger partial charge in [0.25, 0.3) is 11.8 Å². The lowest BCUT2D eigenvalue weighted by Gasteiger charge is -2.24. The monoisotopic (exact) mass is 683 g/mol. The van der Waals surface area contributed by atoms with Crippen LogP contribution in [0.15, 0.2) is 95.8 Å². The second-order valence-corrected chi connectivity index (χ2v) is 12.7. The van der Waals surface area contributed by atoms with Gasteiger partial charge in [0.05, 0.1) is 17.3 Å². The minimum absolute atomic E-state index is 0.185. The summed E-state index contributed by atoms with van der Waals surface area (Å²) in [6.45, 7) is 4.61. The lowest BCUT2D eigenvalue weighted by molar-refractivity contribution is -0.120. The van der Waals surface area contributed by atoms with Gasteiger partial charge in [0.2, 0.25) is 17.7 Å². The molecule has 5 heterocycles. The number of anilines is 2. The largest absolute Gasteiger partial charge is 0.436 e. The van der Waals surface area contributed by atoms with Crippen LogP contribution in [-0.2, 0) is 9.59 Å². The quantitative estimate of drug-likeness (QED) is 0.205. The van der Waals surface area contributed by atoms with Gasteiger partial charge in [0.15, 0.2) is 5.76 Å². The molecular formula is C39H37N7O5. The third-order valence-electron chi connectivity index (χ3n) is 9.45. The normalized spacial score (nSPS) is 17.0. The SMILES string of the molecule is Cc1ncccc1C(=O)N1CCC[C@H]1C(=O)Nc1ccc(-c2cnc(-c3ccc(NC(=O)[C@@H]4CCCN4C(=O)c4cccnc4C)cc3)o2)cc1. The summed E-state index contributed by atoms with van der Waals surface area (Å²) in [5, 5.41) is 5.90. The van der Waals surface area contributed by atoms with Crippen LogP contribution in [0.1, 0.15) is 57.8 Å². The summed E-state index contributed by atoms with van der Waals surface area (Å²) in [7, 11) is 0. The Hall–Kier alpha value is -6.17. The lowest BCUT2D eigenvalue weighted by Crippen LogP contribution is -2.43. The predicted octanol–water partition coefficient (Wildman–Crippen LogP) is 5.90. The average Bonchev–Trinajstić information content (AvgIpc) is 3.94. The van der Waals surface area contributed by atoms with E-state index in [2.05, 4.69) is 25.6 Å². The smallest absolute Gasteiger partial charge is 0.256 e. The number of nitrogens with one attached hydrogen (secondary N) is 2. The first-order valence-electron chi connectivity index (χ1n) is 17.0. The number of likely N-dealkylation sites (tertiary alicyclic amines) is 2. The van der Waals surface area contributed by atoms with Crippen LogP contribution >= 0.6 is 0 Å². The number of hydrogen-bond donors (Lipinski definition) is 2. The molecule has 12 heteroatoms. The van der Waals surface area contributed by atoms with E-state index in [0.29, 0.717) is 71.5 Å². The molecule has 3 aromatic heterocycles. The van der Waals surface area contributed by atoms with Crippen molar-refractivity contribution in [3.63, 3.8) is 0 Å². The van der Waals surface area contributed by atoms with Crippen molar-refractivity contribution < 1.29 is 23.6 Å². The Morgan fingerprint density at radius 3 is 1.59 bits per heavy atom. The van der Waals surface area contributed by atoms with Gasteiger partial charge < -0.3 is 24.9 Å². The Bertz CT molecular complexity index is 1950. The first-order chi connectivity index (χ1) is 24.8. The fourth-order valence-electron chi connectivity index (χ4n) is 6.70. The maximum Gasteiger partial charge on any atom is 0.256 e. The molecule has 2 aromatic carbocycles. The van der Waals surface area contributed by atoms with Gasteiger partial charge in [0, 0.05) is 59.4 Å². The van der Waals surface area contributed by atoms with Crippen molar-refractivity contribution in [2.75, 3.05) is 23.7 Å². The van der Waals surface area contributed by atoms with Crippen molar-refractivity contribution >= 4 is 35.0 Å². The summed E-state index contributed by atoms with van der Waals surface area (Å²) in [6.07, 6.45) is 7.61. The van der Waals surface area contributed by atoms with Gasteiger partial charge in [0.1, 0.15) is 12.1 Å². The van der Waals surface area contributed by atoms with Crippen LogP contribution in [0.3, 0.4) is 0 Å². The van der Waals surface area contributed by atoms with Gasteiger partial charge in [-0.3, -0.25) is 29.1 Å². The minimum Gasteiger partial charge on any atom is -0.436 e. The highest BCUT2D eigenvalue weighted by atomic mass is 16.4. The van der Waals surface area contributed by atoms with E-state index in [4.69, 9.17) is 4.42 Å². The fourth-order valence-corrected chi connectivity index (χ4v) is 6.70. The Morgan fingerprint density at radius 1 is 0.647 bits per heavy atom. The molecule has 0 radical (unpaired) electrons. The van der Waals surface area contributed by atoms with Gasteiger partial charge in [-0.05, 0) is 112 Å². The Balaban J connectivity index is 0.955. The highest BCUT2D eigenvalue weighted by Crippen LogP contribution is 2.29. The van der Waals surface area contributed by atoms with Crippen molar-refractivity contribution in [2.24, 2.45) is 0 Å². The summed E-state index contributed by atoms with van der Waals surface area (Å²) >= 11 is 0. The molecule has 2 aliphatic rings. The topological polar surface area (TPSA) is 151 Å². The molecule has 5 aromatic rings. The Kier molecular flexibility index (Phi) is 9.38. The number of amides is 4. The van der Waals surface area contributed by atoms with E-state index in [0.717, 1.165) is 24.0 Å². The number of nitrogens with zero attached hydrogens (tertiary/aromatic N) is 5. The summed E-state index contributed by atoms with van der Waals surface area (Å²) in [5.41, 5.74) is 5.00. The van der Waals surface area contributed by atoms with Crippen LogP contribution < -0.4 is 10.6 Å². The molecule has 4 amide bonds. The maximum atomic E-state index is 13.2. The summed E-state index contributed by atoms with van der Waals surface area (Å²) in [4.78, 5) is 69.0. The molecule has 2 saturated heterocycles. The molecule has 51 heavy (non-hydrogen) atoms. The number of hydrogen-bond acceptors (Lipinski definition) is 8. The fraction of sp³-hybridized carbons (Fsp3) is 0.256. The van der Waals surface area contributed by atoms with Crippen LogP contribution in [0.2, 0.25) is 0 Å². The van der Waals surface area contributed by atoms with E-state index in [1.54, 1.807) is 90.8 Å². The molecule has 7 rings (SSSR count). The highest BCUT2D eigenvalue weighted by Gasteiger charge is 2.36. The second-order valence-electron chi connectivity index (χ2n) is 12.7. The number of carbonyl (C=O) groups excluding carboxylic acids is 4. The highest BCUT2D eigenvalue weighted by molar-refractivity contribution is 6.03. The van der Waals surface area contributed by atoms with Gasteiger partial charge in [-0.1, -0.05) is 0 Å². The molecule has 0 saturated carbocycles. The minimum atomic E-state index is -0.561. The van der Waals surface area contributed by atoms with Gasteiger partial charge in [-0.25, -0.2) is 4.98 Å². The molecule has 0 unspecified atom stereocenters. The number of aryl methyl sites for hydroxylation is 2. The van der Waals surface area contributed by atoms with Crippen molar-refractivity contribution in [2.45, 2.75) is 51.6 Å². The van der Waals surface area contributed by atoms with E-state index < -0.39 is 12.1 Å². The van der Waals surface area contributed by atoms with Crippen molar-refractivity contribution in [3.05, 3.63) is 114 Å². The zero-order valence-electron chi connectivity index (χ0n) is 28.3. The summed E-state index contributed by atoms with van der Waals surface area (Å²) < 4.78 is 6.06. The van der Waals surface area contributed by atoms with E-state index >= 15 is 0 Å². The average molecular weight is 684 g/mol. The molecular weight excluding hydrogens is 646 g/mol. The Labute approximate surface area is 294 Å². The van der Waals surface area contributed by atoms with Crippen molar-refractivity contribution in [1.29, 1.82) is 0 Å². The second kappa shape index (κ2) is 14.4. The summed E-state index contributed by atoms with van der Waals surface area (Å²) in [5.74, 6) is 0.125. The molecule has 258 valence electrons.